The van der Waals surface area contributed by atoms with E-state index >= 15 is 0 Å². The first kappa shape index (κ1) is 18.4. The van der Waals surface area contributed by atoms with Crippen molar-refractivity contribution < 1.29 is 9.53 Å². The van der Waals surface area contributed by atoms with Crippen molar-refractivity contribution in [3.63, 3.8) is 0 Å². The second kappa shape index (κ2) is 8.78. The second-order valence-electron chi connectivity index (χ2n) is 5.49. The molecule has 0 aliphatic carbocycles. The lowest BCUT2D eigenvalue weighted by Gasteiger charge is -2.08. The number of hydrogen-bond acceptors (Lipinski definition) is 4. The number of anilines is 1. The number of carbonyl (C=O) groups is 1. The van der Waals surface area contributed by atoms with E-state index < -0.39 is 0 Å². The highest BCUT2D eigenvalue weighted by Gasteiger charge is 2.05. The first-order chi connectivity index (χ1) is 12.6. The van der Waals surface area contributed by atoms with Crippen molar-refractivity contribution in [2.24, 2.45) is 0 Å². The molecule has 1 N–H and O–H groups in total. The van der Waals surface area contributed by atoms with Crippen LogP contribution in [0.5, 0.6) is 5.75 Å². The van der Waals surface area contributed by atoms with E-state index in [0.717, 1.165) is 26.4 Å². The zero-order valence-electron chi connectivity index (χ0n) is 14.1. The number of rotatable bonds is 6. The fourth-order valence-electron chi connectivity index (χ4n) is 2.28. The maximum Gasteiger partial charge on any atom is 0.248 e. The van der Waals surface area contributed by atoms with Gasteiger partial charge < -0.3 is 10.1 Å². The molecule has 0 radical (unpaired) electrons. The molecule has 0 saturated heterocycles. The Kier molecular flexibility index (Phi) is 6.20. The summed E-state index contributed by atoms with van der Waals surface area (Å²) in [5.41, 5.74) is 2.46. The minimum atomic E-state index is -0.207. The number of benzene rings is 2. The molecule has 0 fully saturated rings. The molecule has 6 heteroatoms. The van der Waals surface area contributed by atoms with Gasteiger partial charge in [0, 0.05) is 21.5 Å². The van der Waals surface area contributed by atoms with Gasteiger partial charge in [-0.25, -0.2) is 4.98 Å². The Labute approximate surface area is 164 Å². The van der Waals surface area contributed by atoms with Crippen LogP contribution < -0.4 is 10.1 Å². The first-order valence-corrected chi connectivity index (χ1v) is 9.65. The van der Waals surface area contributed by atoms with Gasteiger partial charge in [-0.1, -0.05) is 30.3 Å². The van der Waals surface area contributed by atoms with E-state index in [2.05, 4.69) is 26.2 Å². The fraction of sp³-hybridized carbons (Fsp3) is 0.100. The molecule has 1 amide bonds. The van der Waals surface area contributed by atoms with Crippen molar-refractivity contribution >= 4 is 44.9 Å². The summed E-state index contributed by atoms with van der Waals surface area (Å²) in [4.78, 5) is 16.6. The number of thiazole rings is 1. The summed E-state index contributed by atoms with van der Waals surface area (Å²) < 4.78 is 6.70. The van der Waals surface area contributed by atoms with Crippen LogP contribution in [0.3, 0.4) is 0 Å². The zero-order valence-corrected chi connectivity index (χ0v) is 16.5. The molecule has 2 aromatic carbocycles. The smallest absolute Gasteiger partial charge is 0.248 e. The van der Waals surface area contributed by atoms with Crippen LogP contribution in [0.15, 0.2) is 64.5 Å². The predicted octanol–water partition coefficient (Wildman–Crippen LogP) is 5.44. The van der Waals surface area contributed by atoms with Crippen molar-refractivity contribution in [2.45, 2.75) is 13.5 Å². The summed E-state index contributed by atoms with van der Waals surface area (Å²) in [6.45, 7) is 2.37. The fourth-order valence-corrected chi connectivity index (χ4v) is 3.26. The number of para-hydroxylation sites is 2. The third kappa shape index (κ3) is 5.03. The maximum absolute atomic E-state index is 12.2. The van der Waals surface area contributed by atoms with Gasteiger partial charge in [0.15, 0.2) is 0 Å². The molecule has 0 spiro atoms. The highest BCUT2D eigenvalue weighted by atomic mass is 79.9. The van der Waals surface area contributed by atoms with Crippen LogP contribution in [0, 0.1) is 6.92 Å². The van der Waals surface area contributed by atoms with Crippen molar-refractivity contribution in [2.75, 3.05) is 5.32 Å². The van der Waals surface area contributed by atoms with Gasteiger partial charge in [0.1, 0.15) is 12.4 Å². The molecule has 0 aliphatic rings. The number of carbonyl (C=O) groups excluding carboxylic acids is 1. The highest BCUT2D eigenvalue weighted by molar-refractivity contribution is 9.10. The van der Waals surface area contributed by atoms with Crippen LogP contribution in [0.4, 0.5) is 5.69 Å². The first-order valence-electron chi connectivity index (χ1n) is 7.98. The average molecular weight is 429 g/mol. The van der Waals surface area contributed by atoms with Crippen molar-refractivity contribution in [1.29, 1.82) is 0 Å². The molecule has 0 atom stereocenters. The van der Waals surface area contributed by atoms with E-state index in [4.69, 9.17) is 4.74 Å². The molecular weight excluding hydrogens is 412 g/mol. The lowest BCUT2D eigenvalue weighted by atomic mass is 10.2. The Morgan fingerprint density at radius 3 is 2.77 bits per heavy atom. The SMILES string of the molecule is Cc1nc(COc2ccccc2/C=C/C(=O)Nc2ccccc2Br)cs1. The summed E-state index contributed by atoms with van der Waals surface area (Å²) >= 11 is 5.01. The van der Waals surface area contributed by atoms with Gasteiger partial charge in [0.05, 0.1) is 16.4 Å². The van der Waals surface area contributed by atoms with E-state index in [1.807, 2.05) is 60.8 Å². The maximum atomic E-state index is 12.2. The van der Waals surface area contributed by atoms with Crippen molar-refractivity contribution in [1.82, 2.24) is 4.98 Å². The summed E-state index contributed by atoms with van der Waals surface area (Å²) in [5, 5.41) is 5.84. The third-order valence-electron chi connectivity index (χ3n) is 3.51. The molecule has 26 heavy (non-hydrogen) atoms. The summed E-state index contributed by atoms with van der Waals surface area (Å²) in [6, 6.07) is 15.1. The Hall–Kier alpha value is -2.44. The monoisotopic (exact) mass is 428 g/mol. The van der Waals surface area contributed by atoms with Crippen molar-refractivity contribution in [3.8, 4) is 5.75 Å². The number of nitrogens with zero attached hydrogens (tertiary/aromatic N) is 1. The molecule has 3 aromatic rings. The number of hydrogen-bond donors (Lipinski definition) is 1. The molecule has 0 bridgehead atoms. The van der Waals surface area contributed by atoms with Crippen molar-refractivity contribution in [3.05, 3.63) is 80.7 Å². The molecule has 1 aromatic heterocycles. The van der Waals surface area contributed by atoms with Crippen LogP contribution in [-0.2, 0) is 11.4 Å². The van der Waals surface area contributed by atoms with E-state index in [-0.39, 0.29) is 5.91 Å². The molecule has 1 heterocycles. The Morgan fingerprint density at radius 1 is 1.23 bits per heavy atom. The van der Waals surface area contributed by atoms with E-state index in [9.17, 15) is 4.79 Å². The van der Waals surface area contributed by atoms with Crippen LogP contribution in [-0.4, -0.2) is 10.9 Å². The van der Waals surface area contributed by atoms with Crippen LogP contribution >= 0.6 is 27.3 Å². The van der Waals surface area contributed by atoms with Crippen LogP contribution in [0.25, 0.3) is 6.08 Å². The topological polar surface area (TPSA) is 51.2 Å². The molecule has 3 rings (SSSR count). The molecule has 4 nitrogen and oxygen atoms in total. The number of halogens is 1. The zero-order chi connectivity index (χ0) is 18.4. The Balaban J connectivity index is 1.66. The van der Waals surface area contributed by atoms with E-state index in [1.165, 1.54) is 6.08 Å². The van der Waals surface area contributed by atoms with Gasteiger partial charge in [-0.05, 0) is 47.1 Å². The Morgan fingerprint density at radius 2 is 2.00 bits per heavy atom. The molecule has 0 aliphatic heterocycles. The Bertz CT molecular complexity index is 937. The average Bonchev–Trinajstić information content (AvgIpc) is 3.06. The standard InChI is InChI=1S/C20H17BrN2O2S/c1-14-22-16(13-26-14)12-25-19-9-5-2-6-15(19)10-11-20(24)23-18-8-4-3-7-17(18)21/h2-11,13H,12H2,1H3,(H,23,24)/b11-10+. The number of ether oxygens (including phenoxy) is 1. The molecule has 0 unspecified atom stereocenters. The summed E-state index contributed by atoms with van der Waals surface area (Å²) in [6.07, 6.45) is 3.24. The van der Waals surface area contributed by atoms with Gasteiger partial charge >= 0.3 is 0 Å². The summed E-state index contributed by atoms with van der Waals surface area (Å²) in [7, 11) is 0. The molecular formula is C20H17BrN2O2S. The minimum Gasteiger partial charge on any atom is -0.487 e. The van der Waals surface area contributed by atoms with Gasteiger partial charge in [0.2, 0.25) is 5.91 Å². The quantitative estimate of drug-likeness (QED) is 0.531. The number of aromatic nitrogens is 1. The second-order valence-corrected chi connectivity index (χ2v) is 7.40. The van der Waals surface area contributed by atoms with Crippen LogP contribution in [0.1, 0.15) is 16.3 Å². The van der Waals surface area contributed by atoms with Crippen LogP contribution in [0.2, 0.25) is 0 Å². The number of nitrogens with one attached hydrogen (secondary N) is 1. The molecule has 0 saturated carbocycles. The number of amides is 1. The lowest BCUT2D eigenvalue weighted by molar-refractivity contribution is -0.111. The highest BCUT2D eigenvalue weighted by Crippen LogP contribution is 2.23. The van der Waals surface area contributed by atoms with Gasteiger partial charge in [-0.15, -0.1) is 11.3 Å². The minimum absolute atomic E-state index is 0.207. The summed E-state index contributed by atoms with van der Waals surface area (Å²) in [5.74, 6) is 0.505. The van der Waals surface area contributed by atoms with Gasteiger partial charge in [-0.2, -0.15) is 0 Å². The molecule has 132 valence electrons. The van der Waals surface area contributed by atoms with Gasteiger partial charge in [0.25, 0.3) is 0 Å². The van der Waals surface area contributed by atoms with Gasteiger partial charge in [-0.3, -0.25) is 4.79 Å². The lowest BCUT2D eigenvalue weighted by Crippen LogP contribution is -2.08. The number of aryl methyl sites for hydroxylation is 1. The van der Waals surface area contributed by atoms with E-state index in [1.54, 1.807) is 17.4 Å². The predicted molar refractivity (Wildman–Crippen MR) is 109 cm³/mol. The van der Waals surface area contributed by atoms with E-state index in [0.29, 0.717) is 12.4 Å². The largest absolute Gasteiger partial charge is 0.487 e. The third-order valence-corrected chi connectivity index (χ3v) is 5.02. The normalized spacial score (nSPS) is 10.8.